The number of rotatable bonds is 3. The van der Waals surface area contributed by atoms with Crippen molar-refractivity contribution in [3.63, 3.8) is 0 Å². The molecule has 11 heteroatoms. The SMILES string of the molecule is F/C(OCC(F)(F)C(F)(F)F)=C(\F)C(F)(F)F. The van der Waals surface area contributed by atoms with Crippen molar-refractivity contribution in [2.75, 3.05) is 6.61 Å². The maximum atomic E-state index is 12.1. The Labute approximate surface area is 86.6 Å². The fraction of sp³-hybridized carbons (Fsp3) is 0.667. The number of halogens is 10. The fourth-order valence-corrected chi connectivity index (χ4v) is 0.411. The van der Waals surface area contributed by atoms with E-state index in [1.165, 1.54) is 0 Å². The van der Waals surface area contributed by atoms with Crippen molar-refractivity contribution in [2.24, 2.45) is 0 Å². The smallest absolute Gasteiger partial charge is 0.456 e. The van der Waals surface area contributed by atoms with E-state index in [1.807, 2.05) is 0 Å². The molecule has 0 aromatic heterocycles. The zero-order valence-corrected chi connectivity index (χ0v) is 7.39. The Balaban J connectivity index is 4.71. The van der Waals surface area contributed by atoms with Gasteiger partial charge in [0.15, 0.2) is 6.61 Å². The summed E-state index contributed by atoms with van der Waals surface area (Å²) in [5.74, 6) is -9.13. The van der Waals surface area contributed by atoms with Gasteiger partial charge in [0.25, 0.3) is 5.83 Å². The summed E-state index contributed by atoms with van der Waals surface area (Å²) >= 11 is 0. The van der Waals surface area contributed by atoms with Crippen molar-refractivity contribution in [2.45, 2.75) is 18.3 Å². The lowest BCUT2D eigenvalue weighted by molar-refractivity contribution is -0.295. The Kier molecular flexibility index (Phi) is 4.29. The molecule has 0 radical (unpaired) electrons. The molecule has 0 saturated heterocycles. The summed E-state index contributed by atoms with van der Waals surface area (Å²) in [4.78, 5) is 0. The van der Waals surface area contributed by atoms with E-state index < -0.39 is 36.7 Å². The fourth-order valence-electron chi connectivity index (χ4n) is 0.411. The molecule has 0 aliphatic heterocycles. The van der Waals surface area contributed by atoms with E-state index in [4.69, 9.17) is 0 Å². The average molecular weight is 280 g/mol. The van der Waals surface area contributed by atoms with Crippen LogP contribution in [-0.2, 0) is 4.74 Å². The Hall–Kier alpha value is -1.16. The van der Waals surface area contributed by atoms with Gasteiger partial charge < -0.3 is 4.74 Å². The van der Waals surface area contributed by atoms with E-state index in [9.17, 15) is 43.9 Å². The molecule has 0 atom stereocenters. The first kappa shape index (κ1) is 15.8. The number of allylic oxidation sites excluding steroid dienone is 1. The quantitative estimate of drug-likeness (QED) is 0.563. The lowest BCUT2D eigenvalue weighted by Crippen LogP contribution is -2.40. The van der Waals surface area contributed by atoms with Crippen molar-refractivity contribution in [1.29, 1.82) is 0 Å². The Morgan fingerprint density at radius 2 is 1.24 bits per heavy atom. The number of alkyl halides is 8. The van der Waals surface area contributed by atoms with Crippen LogP contribution < -0.4 is 0 Å². The summed E-state index contributed by atoms with van der Waals surface area (Å²) in [5, 5.41) is 0. The number of hydrogen-bond acceptors (Lipinski definition) is 1. The van der Waals surface area contributed by atoms with Gasteiger partial charge in [-0.15, -0.1) is 0 Å². The highest BCUT2D eigenvalue weighted by molar-refractivity contribution is 5.00. The molecule has 0 aromatic carbocycles. The third-order valence-corrected chi connectivity index (χ3v) is 1.22. The van der Waals surface area contributed by atoms with Gasteiger partial charge in [-0.2, -0.15) is 43.9 Å². The Bertz CT molecular complexity index is 297. The van der Waals surface area contributed by atoms with Gasteiger partial charge >= 0.3 is 24.3 Å². The minimum Gasteiger partial charge on any atom is -0.462 e. The van der Waals surface area contributed by atoms with Crippen LogP contribution in [0.2, 0.25) is 0 Å². The van der Waals surface area contributed by atoms with Crippen LogP contribution >= 0.6 is 0 Å². The highest BCUT2D eigenvalue weighted by Crippen LogP contribution is 2.37. The van der Waals surface area contributed by atoms with Gasteiger partial charge in [0.1, 0.15) is 0 Å². The van der Waals surface area contributed by atoms with Crippen LogP contribution in [0.5, 0.6) is 0 Å². The van der Waals surface area contributed by atoms with Gasteiger partial charge in [0.05, 0.1) is 0 Å². The van der Waals surface area contributed by atoms with Crippen LogP contribution in [0.1, 0.15) is 0 Å². The molecule has 0 spiro atoms. The molecule has 0 N–H and O–H groups in total. The van der Waals surface area contributed by atoms with Crippen LogP contribution in [0.3, 0.4) is 0 Å². The third kappa shape index (κ3) is 4.30. The lowest BCUT2D eigenvalue weighted by atomic mass is 10.3. The molecule has 0 aliphatic carbocycles. The van der Waals surface area contributed by atoms with Crippen LogP contribution in [0, 0.1) is 0 Å². The second kappa shape index (κ2) is 4.61. The van der Waals surface area contributed by atoms with Gasteiger partial charge in [0, 0.05) is 0 Å². The minimum absolute atomic E-state index is 2.77. The molecule has 17 heavy (non-hydrogen) atoms. The normalized spacial score (nSPS) is 15.6. The molecular formula is C6H2F10O. The van der Waals surface area contributed by atoms with Crippen molar-refractivity contribution in [3.05, 3.63) is 11.8 Å². The first-order valence-corrected chi connectivity index (χ1v) is 3.49. The maximum absolute atomic E-state index is 12.1. The molecule has 0 aromatic rings. The van der Waals surface area contributed by atoms with E-state index in [0.717, 1.165) is 0 Å². The summed E-state index contributed by atoms with van der Waals surface area (Å²) in [6, 6.07) is -3.19. The third-order valence-electron chi connectivity index (χ3n) is 1.22. The van der Waals surface area contributed by atoms with E-state index in [0.29, 0.717) is 0 Å². The summed E-state index contributed by atoms with van der Waals surface area (Å²) in [7, 11) is 0. The van der Waals surface area contributed by atoms with Gasteiger partial charge in [0.2, 0.25) is 0 Å². The van der Waals surface area contributed by atoms with E-state index in [2.05, 4.69) is 4.74 Å². The molecule has 0 bridgehead atoms. The number of ether oxygens (including phenoxy) is 1. The van der Waals surface area contributed by atoms with Crippen molar-refractivity contribution >= 4 is 0 Å². The van der Waals surface area contributed by atoms with E-state index in [1.54, 1.807) is 0 Å². The molecule has 0 unspecified atom stereocenters. The summed E-state index contributed by atoms with van der Waals surface area (Å²) in [6.07, 6.45) is -12.0. The Morgan fingerprint density at radius 3 is 1.53 bits per heavy atom. The van der Waals surface area contributed by atoms with Crippen molar-refractivity contribution in [1.82, 2.24) is 0 Å². The molecule has 1 nitrogen and oxygen atoms in total. The molecule has 0 heterocycles. The van der Waals surface area contributed by atoms with Crippen LogP contribution in [-0.4, -0.2) is 24.9 Å². The van der Waals surface area contributed by atoms with Crippen LogP contribution in [0.4, 0.5) is 43.9 Å². The largest absolute Gasteiger partial charge is 0.462 e. The summed E-state index contributed by atoms with van der Waals surface area (Å²) < 4.78 is 119. The summed E-state index contributed by atoms with van der Waals surface area (Å²) in [5.41, 5.74) is 0. The number of hydrogen-bond donors (Lipinski definition) is 0. The standard InChI is InChI=1S/C6H2F10O/c7-2(5(11,12)13)3(8)17-1-4(9,10)6(14,15)16/h1H2/b3-2+. The lowest BCUT2D eigenvalue weighted by Gasteiger charge is -2.19. The predicted octanol–water partition coefficient (Wildman–Crippen LogP) is 3.87. The molecule has 0 amide bonds. The highest BCUT2D eigenvalue weighted by Gasteiger charge is 2.58. The minimum atomic E-state index is -6.15. The van der Waals surface area contributed by atoms with Gasteiger partial charge in [-0.25, -0.2) is 0 Å². The van der Waals surface area contributed by atoms with E-state index >= 15 is 0 Å². The monoisotopic (exact) mass is 280 g/mol. The van der Waals surface area contributed by atoms with Crippen molar-refractivity contribution in [3.8, 4) is 0 Å². The van der Waals surface area contributed by atoms with E-state index in [-0.39, 0.29) is 0 Å². The average Bonchev–Trinajstić information content (AvgIpc) is 2.09. The second-order valence-electron chi connectivity index (χ2n) is 2.58. The maximum Gasteiger partial charge on any atom is 0.456 e. The predicted molar refractivity (Wildman–Crippen MR) is 32.3 cm³/mol. The van der Waals surface area contributed by atoms with Crippen molar-refractivity contribution < 1.29 is 48.6 Å². The van der Waals surface area contributed by atoms with Crippen LogP contribution in [0.25, 0.3) is 0 Å². The van der Waals surface area contributed by atoms with Gasteiger partial charge in [-0.3, -0.25) is 0 Å². The van der Waals surface area contributed by atoms with Gasteiger partial charge in [-0.1, -0.05) is 0 Å². The van der Waals surface area contributed by atoms with Gasteiger partial charge in [-0.05, 0) is 0 Å². The first-order valence-electron chi connectivity index (χ1n) is 3.49. The molecule has 0 aliphatic rings. The topological polar surface area (TPSA) is 9.23 Å². The second-order valence-corrected chi connectivity index (χ2v) is 2.58. The highest BCUT2D eigenvalue weighted by atomic mass is 19.4. The molecule has 0 fully saturated rings. The summed E-state index contributed by atoms with van der Waals surface area (Å²) in [6.45, 7) is -2.80. The molecule has 0 rings (SSSR count). The first-order chi connectivity index (χ1) is 7.29. The molecule has 102 valence electrons. The Morgan fingerprint density at radius 1 is 0.824 bits per heavy atom. The van der Waals surface area contributed by atoms with Crippen LogP contribution in [0.15, 0.2) is 11.8 Å². The zero-order valence-electron chi connectivity index (χ0n) is 7.39. The zero-order chi connectivity index (χ0) is 14.1. The molecule has 0 saturated carbocycles. The molecular weight excluding hydrogens is 278 g/mol.